The highest BCUT2D eigenvalue weighted by atomic mass is 32.1. The SMILES string of the molecule is CC(C)c1nc(N2CCN(C(=O)c3ccc(C(C)(C)C)cc3)CC2)c2c3c(sc2n1)CCCCC3. The van der Waals surface area contributed by atoms with Crippen molar-refractivity contribution in [2.45, 2.75) is 78.1 Å². The van der Waals surface area contributed by atoms with Crippen molar-refractivity contribution >= 4 is 33.3 Å². The Balaban J connectivity index is 1.38. The number of carbonyl (C=O) groups is 1. The van der Waals surface area contributed by atoms with Crippen molar-refractivity contribution in [1.82, 2.24) is 14.9 Å². The van der Waals surface area contributed by atoms with Gasteiger partial charge in [-0.1, -0.05) is 53.2 Å². The molecule has 1 amide bonds. The molecule has 35 heavy (non-hydrogen) atoms. The Labute approximate surface area is 213 Å². The number of hydrogen-bond donors (Lipinski definition) is 0. The molecule has 1 aromatic carbocycles. The number of piperazine rings is 1. The average Bonchev–Trinajstić information content (AvgIpc) is 3.03. The summed E-state index contributed by atoms with van der Waals surface area (Å²) in [7, 11) is 0. The highest BCUT2D eigenvalue weighted by molar-refractivity contribution is 7.19. The maximum atomic E-state index is 13.2. The van der Waals surface area contributed by atoms with Crippen LogP contribution in [0.5, 0.6) is 0 Å². The molecule has 6 heteroatoms. The minimum atomic E-state index is 0.0881. The van der Waals surface area contributed by atoms with Crippen molar-refractivity contribution in [1.29, 1.82) is 0 Å². The van der Waals surface area contributed by atoms with Crippen LogP contribution >= 0.6 is 11.3 Å². The van der Waals surface area contributed by atoms with Gasteiger partial charge >= 0.3 is 0 Å². The van der Waals surface area contributed by atoms with Crippen LogP contribution in [0.4, 0.5) is 5.82 Å². The van der Waals surface area contributed by atoms with E-state index in [9.17, 15) is 4.79 Å². The van der Waals surface area contributed by atoms with Crippen LogP contribution in [0, 0.1) is 0 Å². The standard InChI is InChI=1S/C29H38N4OS/c1-19(2)25-30-26(24-22-9-7-6-8-10-23(22)35-27(24)31-25)32-15-17-33(18-16-32)28(34)20-11-13-21(14-12-20)29(3,4)5/h11-14,19H,6-10,15-18H2,1-5H3. The summed E-state index contributed by atoms with van der Waals surface area (Å²) < 4.78 is 0. The summed E-state index contributed by atoms with van der Waals surface area (Å²) >= 11 is 1.89. The van der Waals surface area contributed by atoms with Gasteiger partial charge < -0.3 is 9.80 Å². The van der Waals surface area contributed by atoms with Crippen LogP contribution in [0.3, 0.4) is 0 Å². The van der Waals surface area contributed by atoms with Crippen LogP contribution in [-0.4, -0.2) is 47.0 Å². The molecule has 1 saturated heterocycles. The number of thiophene rings is 1. The van der Waals surface area contributed by atoms with Gasteiger partial charge in [-0.2, -0.15) is 0 Å². The lowest BCUT2D eigenvalue weighted by atomic mass is 9.86. The first-order valence-corrected chi connectivity index (χ1v) is 14.0. The second-order valence-corrected chi connectivity index (χ2v) is 12.5. The van der Waals surface area contributed by atoms with Crippen LogP contribution in [0.1, 0.15) is 92.0 Å². The molecule has 0 unspecified atom stereocenters. The van der Waals surface area contributed by atoms with Crippen molar-refractivity contribution in [3.63, 3.8) is 0 Å². The Kier molecular flexibility index (Phi) is 6.60. The highest BCUT2D eigenvalue weighted by Crippen LogP contribution is 2.40. The minimum absolute atomic E-state index is 0.0881. The molecule has 0 bridgehead atoms. The number of aromatic nitrogens is 2. The number of anilines is 1. The molecular weight excluding hydrogens is 452 g/mol. The van der Waals surface area contributed by atoms with Crippen molar-refractivity contribution in [2.75, 3.05) is 31.1 Å². The fraction of sp³-hybridized carbons (Fsp3) is 0.552. The van der Waals surface area contributed by atoms with Gasteiger partial charge in [-0.25, -0.2) is 9.97 Å². The molecule has 0 saturated carbocycles. The third-order valence-corrected chi connectivity index (χ3v) is 8.63. The second kappa shape index (κ2) is 9.53. The molecular formula is C29H38N4OS. The van der Waals surface area contributed by atoms with Crippen LogP contribution in [0.25, 0.3) is 10.2 Å². The highest BCUT2D eigenvalue weighted by Gasteiger charge is 2.28. The molecule has 5 nitrogen and oxygen atoms in total. The molecule has 1 aliphatic carbocycles. The monoisotopic (exact) mass is 490 g/mol. The molecule has 0 radical (unpaired) electrons. The number of benzene rings is 1. The Morgan fingerprint density at radius 2 is 1.63 bits per heavy atom. The van der Waals surface area contributed by atoms with Crippen LogP contribution < -0.4 is 4.90 Å². The summed E-state index contributed by atoms with van der Waals surface area (Å²) in [5.74, 6) is 2.45. The Bertz CT molecular complexity index is 1210. The summed E-state index contributed by atoms with van der Waals surface area (Å²) in [5, 5.41) is 1.29. The molecule has 0 spiro atoms. The van der Waals surface area contributed by atoms with Gasteiger partial charge in [-0.15, -0.1) is 11.3 Å². The molecule has 5 rings (SSSR count). The first-order valence-electron chi connectivity index (χ1n) is 13.2. The lowest BCUT2D eigenvalue weighted by Gasteiger charge is -2.36. The van der Waals surface area contributed by atoms with Crippen LogP contribution in [-0.2, 0) is 18.3 Å². The van der Waals surface area contributed by atoms with Gasteiger partial charge in [0.2, 0.25) is 0 Å². The fourth-order valence-electron chi connectivity index (χ4n) is 5.23. The summed E-state index contributed by atoms with van der Waals surface area (Å²) in [4.78, 5) is 30.4. The van der Waals surface area contributed by atoms with Gasteiger partial charge in [0.25, 0.3) is 5.91 Å². The zero-order valence-corrected chi connectivity index (χ0v) is 22.7. The molecule has 2 aliphatic rings. The maximum absolute atomic E-state index is 13.2. The Morgan fingerprint density at radius 1 is 0.943 bits per heavy atom. The van der Waals surface area contributed by atoms with Gasteiger partial charge in [0.1, 0.15) is 16.5 Å². The molecule has 1 fully saturated rings. The molecule has 1 aliphatic heterocycles. The average molecular weight is 491 g/mol. The topological polar surface area (TPSA) is 49.3 Å². The number of carbonyl (C=O) groups excluding carboxylic acids is 1. The van der Waals surface area contributed by atoms with Gasteiger partial charge in [0.15, 0.2) is 0 Å². The van der Waals surface area contributed by atoms with Crippen molar-refractivity contribution in [2.24, 2.45) is 0 Å². The first-order chi connectivity index (χ1) is 16.7. The van der Waals surface area contributed by atoms with Gasteiger partial charge in [-0.3, -0.25) is 4.79 Å². The molecule has 3 aromatic rings. The van der Waals surface area contributed by atoms with Crippen molar-refractivity contribution < 1.29 is 4.79 Å². The minimum Gasteiger partial charge on any atom is -0.352 e. The Morgan fingerprint density at radius 3 is 2.29 bits per heavy atom. The Hall–Kier alpha value is -2.47. The summed E-state index contributed by atoms with van der Waals surface area (Å²) in [6.07, 6.45) is 6.14. The lowest BCUT2D eigenvalue weighted by Crippen LogP contribution is -2.49. The third-order valence-electron chi connectivity index (χ3n) is 7.44. The predicted molar refractivity (Wildman–Crippen MR) is 146 cm³/mol. The predicted octanol–water partition coefficient (Wildman–Crippen LogP) is 6.34. The maximum Gasteiger partial charge on any atom is 0.253 e. The molecule has 3 heterocycles. The zero-order chi connectivity index (χ0) is 24.7. The zero-order valence-electron chi connectivity index (χ0n) is 21.9. The van der Waals surface area contributed by atoms with E-state index >= 15 is 0 Å². The van der Waals surface area contributed by atoms with Crippen molar-refractivity contribution in [3.05, 3.63) is 51.7 Å². The summed E-state index contributed by atoms with van der Waals surface area (Å²) in [5.41, 5.74) is 3.61. The van der Waals surface area contributed by atoms with E-state index in [4.69, 9.17) is 9.97 Å². The van der Waals surface area contributed by atoms with Gasteiger partial charge in [0, 0.05) is 42.5 Å². The van der Waals surface area contributed by atoms with E-state index in [-0.39, 0.29) is 11.3 Å². The van der Waals surface area contributed by atoms with E-state index in [0.29, 0.717) is 19.0 Å². The molecule has 0 N–H and O–H groups in total. The number of amides is 1. The second-order valence-electron chi connectivity index (χ2n) is 11.4. The normalized spacial score (nSPS) is 17.1. The largest absolute Gasteiger partial charge is 0.352 e. The summed E-state index contributed by atoms with van der Waals surface area (Å²) in [6.45, 7) is 14.0. The number of rotatable bonds is 3. The van der Waals surface area contributed by atoms with E-state index < -0.39 is 0 Å². The smallest absolute Gasteiger partial charge is 0.253 e. The van der Waals surface area contributed by atoms with Gasteiger partial charge in [0.05, 0.1) is 5.39 Å². The first kappa shape index (κ1) is 24.2. The van der Waals surface area contributed by atoms with E-state index in [1.54, 1.807) is 0 Å². The third kappa shape index (κ3) is 4.82. The molecule has 186 valence electrons. The van der Waals surface area contributed by atoms with E-state index in [1.165, 1.54) is 47.1 Å². The van der Waals surface area contributed by atoms with E-state index in [0.717, 1.165) is 41.5 Å². The number of fused-ring (bicyclic) bond motifs is 3. The lowest BCUT2D eigenvalue weighted by molar-refractivity contribution is 0.0746. The van der Waals surface area contributed by atoms with Crippen molar-refractivity contribution in [3.8, 4) is 0 Å². The van der Waals surface area contributed by atoms with Crippen LogP contribution in [0.2, 0.25) is 0 Å². The molecule has 0 atom stereocenters. The van der Waals surface area contributed by atoms with E-state index in [2.05, 4.69) is 51.7 Å². The number of aryl methyl sites for hydroxylation is 2. The number of nitrogens with zero attached hydrogens (tertiary/aromatic N) is 4. The summed E-state index contributed by atoms with van der Waals surface area (Å²) in [6, 6.07) is 8.16. The molecule has 2 aromatic heterocycles. The quantitative estimate of drug-likeness (QED) is 0.402. The van der Waals surface area contributed by atoms with E-state index in [1.807, 2.05) is 28.4 Å². The van der Waals surface area contributed by atoms with Crippen LogP contribution in [0.15, 0.2) is 24.3 Å². The number of hydrogen-bond acceptors (Lipinski definition) is 5. The fourth-order valence-corrected chi connectivity index (χ4v) is 6.50. The van der Waals surface area contributed by atoms with Gasteiger partial charge in [-0.05, 0) is 54.4 Å².